The molecule has 0 unspecified atom stereocenters. The van der Waals surface area contributed by atoms with Gasteiger partial charge < -0.3 is 10.5 Å². The van der Waals surface area contributed by atoms with E-state index in [0.29, 0.717) is 17.2 Å². The minimum Gasteiger partial charge on any atom is -0.462 e. The first kappa shape index (κ1) is 16.0. The normalized spacial score (nSPS) is 11.1. The number of rotatable bonds is 4. The fourth-order valence-electron chi connectivity index (χ4n) is 2.25. The highest BCUT2D eigenvalue weighted by Gasteiger charge is 2.25. The molecule has 2 heterocycles. The maximum absolute atomic E-state index is 12.1. The molecule has 0 aliphatic heterocycles. The van der Waals surface area contributed by atoms with Crippen molar-refractivity contribution >= 4 is 34.3 Å². The molecule has 3 nitrogen and oxygen atoms in total. The molecule has 5 heteroatoms. The summed E-state index contributed by atoms with van der Waals surface area (Å²) in [7, 11) is 0. The summed E-state index contributed by atoms with van der Waals surface area (Å²) in [6.45, 7) is 10.6. The second kappa shape index (κ2) is 6.20. The molecule has 21 heavy (non-hydrogen) atoms. The second-order valence-corrected chi connectivity index (χ2v) is 7.59. The summed E-state index contributed by atoms with van der Waals surface area (Å²) in [6, 6.07) is 2.17. The van der Waals surface area contributed by atoms with E-state index >= 15 is 0 Å². The van der Waals surface area contributed by atoms with Crippen LogP contribution in [-0.2, 0) is 4.74 Å². The van der Waals surface area contributed by atoms with Crippen molar-refractivity contribution in [2.45, 2.75) is 40.5 Å². The number of carbonyl (C=O) groups is 1. The van der Waals surface area contributed by atoms with Gasteiger partial charge in [-0.1, -0.05) is 13.8 Å². The van der Waals surface area contributed by atoms with Crippen LogP contribution in [0, 0.1) is 13.8 Å². The number of anilines is 1. The summed E-state index contributed by atoms with van der Waals surface area (Å²) in [5.41, 5.74) is 9.14. The van der Waals surface area contributed by atoms with Crippen LogP contribution in [0.25, 0.3) is 9.75 Å². The molecule has 0 bridgehead atoms. The van der Waals surface area contributed by atoms with Crippen LogP contribution >= 0.6 is 22.7 Å². The van der Waals surface area contributed by atoms with Crippen LogP contribution in [0.4, 0.5) is 5.69 Å². The standard InChI is InChI=1S/C16H21NO2S2/c1-6-19-16(18)15-13(17)12(8(2)3)14(21-15)11-7-9(4)10(5)20-11/h7-8H,6,17H2,1-5H3. The van der Waals surface area contributed by atoms with Crippen molar-refractivity contribution in [3.05, 3.63) is 26.9 Å². The van der Waals surface area contributed by atoms with Gasteiger partial charge in [0.15, 0.2) is 0 Å². The molecule has 0 amide bonds. The van der Waals surface area contributed by atoms with Gasteiger partial charge in [0.2, 0.25) is 0 Å². The van der Waals surface area contributed by atoms with E-state index in [1.165, 1.54) is 26.7 Å². The minimum absolute atomic E-state index is 0.266. The first-order valence-electron chi connectivity index (χ1n) is 7.03. The largest absolute Gasteiger partial charge is 0.462 e. The van der Waals surface area contributed by atoms with E-state index in [4.69, 9.17) is 10.5 Å². The Bertz CT molecular complexity index is 649. The molecule has 0 aliphatic carbocycles. The molecule has 2 aromatic heterocycles. The molecule has 0 spiro atoms. The number of aryl methyl sites for hydroxylation is 2. The van der Waals surface area contributed by atoms with Gasteiger partial charge in [-0.3, -0.25) is 0 Å². The molecular weight excluding hydrogens is 302 g/mol. The van der Waals surface area contributed by atoms with Gasteiger partial charge in [-0.05, 0) is 43.9 Å². The van der Waals surface area contributed by atoms with E-state index in [1.54, 1.807) is 18.3 Å². The third-order valence-corrected chi connectivity index (χ3v) is 5.95. The highest BCUT2D eigenvalue weighted by atomic mass is 32.1. The Morgan fingerprint density at radius 2 is 2.00 bits per heavy atom. The topological polar surface area (TPSA) is 52.3 Å². The van der Waals surface area contributed by atoms with Crippen molar-refractivity contribution in [3.63, 3.8) is 0 Å². The average Bonchev–Trinajstić information content (AvgIpc) is 2.91. The summed E-state index contributed by atoms with van der Waals surface area (Å²) in [4.78, 5) is 16.2. The zero-order valence-corrected chi connectivity index (χ0v) is 14.7. The maximum atomic E-state index is 12.1. The van der Waals surface area contributed by atoms with Crippen molar-refractivity contribution in [3.8, 4) is 9.75 Å². The van der Waals surface area contributed by atoms with Gasteiger partial charge in [0.25, 0.3) is 0 Å². The van der Waals surface area contributed by atoms with E-state index in [9.17, 15) is 4.79 Å². The van der Waals surface area contributed by atoms with Crippen LogP contribution in [0.2, 0.25) is 0 Å². The number of esters is 1. The molecule has 2 aromatic rings. The Balaban J connectivity index is 2.59. The van der Waals surface area contributed by atoms with Crippen molar-refractivity contribution < 1.29 is 9.53 Å². The lowest BCUT2D eigenvalue weighted by Crippen LogP contribution is -2.06. The zero-order valence-electron chi connectivity index (χ0n) is 13.1. The Kier molecular flexibility index (Phi) is 4.74. The Labute approximate surface area is 133 Å². The van der Waals surface area contributed by atoms with Crippen LogP contribution in [0.15, 0.2) is 6.07 Å². The van der Waals surface area contributed by atoms with Crippen LogP contribution < -0.4 is 5.73 Å². The molecule has 0 aromatic carbocycles. The van der Waals surface area contributed by atoms with Crippen LogP contribution in [-0.4, -0.2) is 12.6 Å². The summed E-state index contributed by atoms with van der Waals surface area (Å²) >= 11 is 3.20. The van der Waals surface area contributed by atoms with Gasteiger partial charge in [-0.15, -0.1) is 22.7 Å². The predicted octanol–water partition coefficient (Wildman–Crippen LogP) is 4.98. The molecular formula is C16H21NO2S2. The molecule has 0 atom stereocenters. The molecule has 0 saturated carbocycles. The van der Waals surface area contributed by atoms with Gasteiger partial charge in [0, 0.05) is 9.75 Å². The summed E-state index contributed by atoms with van der Waals surface area (Å²) in [6.07, 6.45) is 0. The monoisotopic (exact) mass is 323 g/mol. The maximum Gasteiger partial charge on any atom is 0.350 e. The second-order valence-electron chi connectivity index (χ2n) is 5.31. The molecule has 0 radical (unpaired) electrons. The number of hydrogen-bond acceptors (Lipinski definition) is 5. The minimum atomic E-state index is -0.321. The van der Waals surface area contributed by atoms with Gasteiger partial charge in [-0.2, -0.15) is 0 Å². The fraction of sp³-hybridized carbons (Fsp3) is 0.438. The van der Waals surface area contributed by atoms with Crippen molar-refractivity contribution in [1.29, 1.82) is 0 Å². The molecule has 114 valence electrons. The number of nitrogens with two attached hydrogens (primary N) is 1. The van der Waals surface area contributed by atoms with Crippen LogP contribution in [0.5, 0.6) is 0 Å². The average molecular weight is 323 g/mol. The van der Waals surface area contributed by atoms with E-state index < -0.39 is 0 Å². The SMILES string of the molecule is CCOC(=O)c1sc(-c2cc(C)c(C)s2)c(C(C)C)c1N. The van der Waals surface area contributed by atoms with E-state index in [1.807, 2.05) is 0 Å². The van der Waals surface area contributed by atoms with Gasteiger partial charge in [0.05, 0.1) is 17.2 Å². The van der Waals surface area contributed by atoms with E-state index in [0.717, 1.165) is 10.4 Å². The van der Waals surface area contributed by atoms with Gasteiger partial charge in [0.1, 0.15) is 4.88 Å². The highest BCUT2D eigenvalue weighted by Crippen LogP contribution is 2.45. The lowest BCUT2D eigenvalue weighted by atomic mass is 10.0. The highest BCUT2D eigenvalue weighted by molar-refractivity contribution is 7.23. The smallest absolute Gasteiger partial charge is 0.350 e. The molecule has 2 rings (SSSR count). The molecule has 0 aliphatic rings. The summed E-state index contributed by atoms with van der Waals surface area (Å²) < 4.78 is 5.12. The lowest BCUT2D eigenvalue weighted by Gasteiger charge is -2.07. The first-order valence-corrected chi connectivity index (χ1v) is 8.66. The lowest BCUT2D eigenvalue weighted by molar-refractivity contribution is 0.0533. The number of thiophene rings is 2. The van der Waals surface area contributed by atoms with Crippen molar-refractivity contribution in [2.75, 3.05) is 12.3 Å². The van der Waals surface area contributed by atoms with E-state index in [2.05, 4.69) is 33.8 Å². The van der Waals surface area contributed by atoms with E-state index in [-0.39, 0.29) is 11.9 Å². The number of ether oxygens (including phenoxy) is 1. The third-order valence-electron chi connectivity index (χ3n) is 3.41. The van der Waals surface area contributed by atoms with Gasteiger partial charge >= 0.3 is 5.97 Å². The molecule has 0 saturated heterocycles. The molecule has 0 fully saturated rings. The van der Waals surface area contributed by atoms with Crippen LogP contribution in [0.3, 0.4) is 0 Å². The summed E-state index contributed by atoms with van der Waals surface area (Å²) in [5.74, 6) is -0.0553. The van der Waals surface area contributed by atoms with Gasteiger partial charge in [-0.25, -0.2) is 4.79 Å². The summed E-state index contributed by atoms with van der Waals surface area (Å²) in [5, 5.41) is 0. The zero-order chi connectivity index (χ0) is 15.7. The number of carbonyl (C=O) groups excluding carboxylic acids is 1. The number of nitrogen functional groups attached to an aromatic ring is 1. The van der Waals surface area contributed by atoms with Crippen molar-refractivity contribution in [1.82, 2.24) is 0 Å². The first-order chi connectivity index (χ1) is 9.86. The predicted molar refractivity (Wildman–Crippen MR) is 91.6 cm³/mol. The Morgan fingerprint density at radius 3 is 2.48 bits per heavy atom. The van der Waals surface area contributed by atoms with Crippen LogP contribution in [0.1, 0.15) is 52.4 Å². The fourth-order valence-corrected chi connectivity index (χ4v) is 4.67. The Hall–Kier alpha value is -1.33. The molecule has 2 N–H and O–H groups in total. The third kappa shape index (κ3) is 2.99. The number of hydrogen-bond donors (Lipinski definition) is 1. The van der Waals surface area contributed by atoms with Crippen molar-refractivity contribution in [2.24, 2.45) is 0 Å². The quantitative estimate of drug-likeness (QED) is 0.808. The Morgan fingerprint density at radius 1 is 1.33 bits per heavy atom.